The maximum atomic E-state index is 12.4. The predicted octanol–water partition coefficient (Wildman–Crippen LogP) is 1.99. The molecule has 0 fully saturated rings. The van der Waals surface area contributed by atoms with Crippen molar-refractivity contribution in [2.45, 2.75) is 32.1 Å². The Balaban J connectivity index is 3.18. The molecular weight excluding hydrogens is 221 g/mol. The highest BCUT2D eigenvalue weighted by Crippen LogP contribution is 2.29. The Morgan fingerprint density at radius 3 is 2.31 bits per heavy atom. The van der Waals surface area contributed by atoms with Crippen LogP contribution in [0, 0.1) is 0 Å². The lowest BCUT2D eigenvalue weighted by Gasteiger charge is -2.18. The second-order valence-corrected chi connectivity index (χ2v) is 3.82. The Hall–Kier alpha value is -1.30. The van der Waals surface area contributed by atoms with Crippen molar-refractivity contribution in [2.75, 3.05) is 0 Å². The molecule has 0 amide bonds. The molecule has 16 heavy (non-hydrogen) atoms. The van der Waals surface area contributed by atoms with Crippen molar-refractivity contribution in [2.24, 2.45) is 5.73 Å². The van der Waals surface area contributed by atoms with Gasteiger partial charge in [-0.2, -0.15) is 13.2 Å². The summed E-state index contributed by atoms with van der Waals surface area (Å²) in [5.41, 5.74) is 4.60. The van der Waals surface area contributed by atoms with E-state index in [1.165, 1.54) is 4.57 Å². The number of nitrogens with two attached hydrogens (primary N) is 1. The number of hydrogen-bond acceptors (Lipinski definition) is 2. The monoisotopic (exact) mass is 234 g/mol. The van der Waals surface area contributed by atoms with Gasteiger partial charge in [-0.1, -0.05) is 6.07 Å². The molecule has 3 nitrogen and oxygen atoms in total. The van der Waals surface area contributed by atoms with Gasteiger partial charge in [0, 0.05) is 18.3 Å². The second-order valence-electron chi connectivity index (χ2n) is 3.82. The van der Waals surface area contributed by atoms with Crippen LogP contribution in [0.1, 0.15) is 31.5 Å². The molecular formula is C10H13F3N2O. The van der Waals surface area contributed by atoms with Crippen LogP contribution in [0.3, 0.4) is 0 Å². The molecule has 0 aliphatic carbocycles. The molecule has 0 radical (unpaired) electrons. The molecule has 2 N–H and O–H groups in total. The third-order valence-electron chi connectivity index (χ3n) is 2.23. The van der Waals surface area contributed by atoms with E-state index in [4.69, 9.17) is 5.73 Å². The van der Waals surface area contributed by atoms with Crippen molar-refractivity contribution in [3.05, 3.63) is 34.2 Å². The molecule has 1 atom stereocenters. The van der Waals surface area contributed by atoms with Crippen LogP contribution in [-0.2, 0) is 0 Å². The van der Waals surface area contributed by atoms with Gasteiger partial charge < -0.3 is 10.3 Å². The number of aromatic nitrogens is 1. The summed E-state index contributed by atoms with van der Waals surface area (Å²) in [6.07, 6.45) is -3.34. The minimum atomic E-state index is -4.50. The Kier molecular flexibility index (Phi) is 3.42. The molecule has 0 bridgehead atoms. The van der Waals surface area contributed by atoms with Crippen molar-refractivity contribution in [1.82, 2.24) is 4.57 Å². The van der Waals surface area contributed by atoms with E-state index < -0.39 is 12.2 Å². The summed E-state index contributed by atoms with van der Waals surface area (Å²) in [5.74, 6) is 0. The fourth-order valence-electron chi connectivity index (χ4n) is 1.30. The highest BCUT2D eigenvalue weighted by atomic mass is 19.4. The first-order valence-corrected chi connectivity index (χ1v) is 4.78. The maximum absolute atomic E-state index is 12.4. The lowest BCUT2D eigenvalue weighted by atomic mass is 10.1. The number of pyridine rings is 1. The molecule has 0 aliphatic rings. The van der Waals surface area contributed by atoms with E-state index in [1.807, 2.05) is 0 Å². The molecule has 0 aliphatic heterocycles. The lowest BCUT2D eigenvalue weighted by molar-refractivity contribution is -0.149. The van der Waals surface area contributed by atoms with Gasteiger partial charge in [0.15, 0.2) is 0 Å². The van der Waals surface area contributed by atoms with Crippen molar-refractivity contribution in [3.8, 4) is 0 Å². The Labute approximate surface area is 90.7 Å². The number of rotatable bonds is 2. The smallest absolute Gasteiger partial charge is 0.316 e. The highest BCUT2D eigenvalue weighted by molar-refractivity contribution is 5.16. The minimum Gasteiger partial charge on any atom is -0.316 e. The zero-order valence-electron chi connectivity index (χ0n) is 8.95. The molecule has 1 aromatic rings. The van der Waals surface area contributed by atoms with Crippen molar-refractivity contribution < 1.29 is 13.2 Å². The SMILES string of the molecule is CC(C)n1cc(C(N)C(F)(F)F)ccc1=O. The second kappa shape index (κ2) is 4.29. The third kappa shape index (κ3) is 2.63. The predicted molar refractivity (Wildman–Crippen MR) is 54.1 cm³/mol. The van der Waals surface area contributed by atoms with Crippen LogP contribution in [0.15, 0.2) is 23.1 Å². The molecule has 0 saturated heterocycles. The van der Waals surface area contributed by atoms with Gasteiger partial charge in [-0.3, -0.25) is 4.79 Å². The van der Waals surface area contributed by atoms with Crippen LogP contribution >= 0.6 is 0 Å². The van der Waals surface area contributed by atoms with Crippen LogP contribution in [-0.4, -0.2) is 10.7 Å². The summed E-state index contributed by atoms with van der Waals surface area (Å²) >= 11 is 0. The van der Waals surface area contributed by atoms with E-state index in [0.29, 0.717) is 0 Å². The molecule has 0 spiro atoms. The molecule has 90 valence electrons. The summed E-state index contributed by atoms with van der Waals surface area (Å²) in [5, 5.41) is 0. The van der Waals surface area contributed by atoms with Gasteiger partial charge in [-0.25, -0.2) is 0 Å². The van der Waals surface area contributed by atoms with E-state index in [-0.39, 0.29) is 17.2 Å². The number of halogens is 3. The summed E-state index contributed by atoms with van der Waals surface area (Å²) in [6, 6.07) is -0.0497. The largest absolute Gasteiger partial charge is 0.407 e. The lowest BCUT2D eigenvalue weighted by Crippen LogP contribution is -2.30. The number of hydrogen-bond donors (Lipinski definition) is 1. The molecule has 6 heteroatoms. The minimum absolute atomic E-state index is 0.110. The fraction of sp³-hybridized carbons (Fsp3) is 0.500. The van der Waals surface area contributed by atoms with Crippen molar-refractivity contribution >= 4 is 0 Å². The first kappa shape index (κ1) is 12.8. The third-order valence-corrected chi connectivity index (χ3v) is 2.23. The topological polar surface area (TPSA) is 48.0 Å². The summed E-state index contributed by atoms with van der Waals surface area (Å²) < 4.78 is 38.3. The first-order valence-electron chi connectivity index (χ1n) is 4.78. The van der Waals surface area contributed by atoms with Gasteiger partial charge in [-0.15, -0.1) is 0 Å². The van der Waals surface area contributed by atoms with E-state index in [1.54, 1.807) is 13.8 Å². The van der Waals surface area contributed by atoms with Crippen LogP contribution in [0.4, 0.5) is 13.2 Å². The zero-order valence-corrected chi connectivity index (χ0v) is 8.95. The van der Waals surface area contributed by atoms with Gasteiger partial charge in [0.05, 0.1) is 0 Å². The molecule has 0 saturated carbocycles. The standard InChI is InChI=1S/C10H13F3N2O/c1-6(2)15-5-7(3-4-8(15)16)9(14)10(11,12)13/h3-6,9H,14H2,1-2H3. The van der Waals surface area contributed by atoms with Crippen LogP contribution < -0.4 is 11.3 Å². The van der Waals surface area contributed by atoms with Crippen molar-refractivity contribution in [3.63, 3.8) is 0 Å². The number of alkyl halides is 3. The van der Waals surface area contributed by atoms with E-state index in [2.05, 4.69) is 0 Å². The highest BCUT2D eigenvalue weighted by Gasteiger charge is 2.38. The van der Waals surface area contributed by atoms with Gasteiger partial charge in [0.2, 0.25) is 0 Å². The Morgan fingerprint density at radius 1 is 1.31 bits per heavy atom. The Bertz CT molecular complexity index is 423. The Morgan fingerprint density at radius 2 is 1.88 bits per heavy atom. The van der Waals surface area contributed by atoms with E-state index in [0.717, 1.165) is 18.3 Å². The summed E-state index contributed by atoms with van der Waals surface area (Å²) in [6.45, 7) is 3.43. The fourth-order valence-corrected chi connectivity index (χ4v) is 1.30. The van der Waals surface area contributed by atoms with Crippen molar-refractivity contribution in [1.29, 1.82) is 0 Å². The van der Waals surface area contributed by atoms with Crippen LogP contribution in [0.25, 0.3) is 0 Å². The van der Waals surface area contributed by atoms with Gasteiger partial charge in [-0.05, 0) is 19.4 Å². The quantitative estimate of drug-likeness (QED) is 0.850. The first-order chi connectivity index (χ1) is 7.23. The molecule has 1 aromatic heterocycles. The summed E-state index contributed by atoms with van der Waals surface area (Å²) in [4.78, 5) is 11.3. The molecule has 1 unspecified atom stereocenters. The maximum Gasteiger partial charge on any atom is 0.407 e. The number of nitrogens with zero attached hydrogens (tertiary/aromatic N) is 1. The van der Waals surface area contributed by atoms with E-state index >= 15 is 0 Å². The van der Waals surface area contributed by atoms with Gasteiger partial charge in [0.1, 0.15) is 6.04 Å². The van der Waals surface area contributed by atoms with Crippen LogP contribution in [0.2, 0.25) is 0 Å². The summed E-state index contributed by atoms with van der Waals surface area (Å²) in [7, 11) is 0. The van der Waals surface area contributed by atoms with E-state index in [9.17, 15) is 18.0 Å². The zero-order chi connectivity index (χ0) is 12.5. The molecule has 0 aromatic carbocycles. The average Bonchev–Trinajstić information content (AvgIpc) is 2.15. The molecule has 1 rings (SSSR count). The average molecular weight is 234 g/mol. The van der Waals surface area contributed by atoms with Crippen LogP contribution in [0.5, 0.6) is 0 Å². The molecule has 1 heterocycles. The van der Waals surface area contributed by atoms with Gasteiger partial charge in [0.25, 0.3) is 5.56 Å². The van der Waals surface area contributed by atoms with Gasteiger partial charge >= 0.3 is 6.18 Å². The normalized spacial score (nSPS) is 14.2.